The third kappa shape index (κ3) is 5.02. The van der Waals surface area contributed by atoms with Crippen LogP contribution in [0, 0.1) is 11.7 Å². The second-order valence-electron chi connectivity index (χ2n) is 10.6. The third-order valence-corrected chi connectivity index (χ3v) is 8.51. The number of ether oxygens (including phenoxy) is 1. The van der Waals surface area contributed by atoms with E-state index in [4.69, 9.17) is 4.74 Å². The van der Waals surface area contributed by atoms with Gasteiger partial charge in [-0.15, -0.1) is 0 Å². The highest BCUT2D eigenvalue weighted by Gasteiger charge is 2.50. The molecule has 2 atom stereocenters. The molecule has 3 heterocycles. The van der Waals surface area contributed by atoms with E-state index in [1.807, 2.05) is 0 Å². The number of likely N-dealkylation sites (tertiary alicyclic amines) is 1. The molecule has 1 aliphatic carbocycles. The molecule has 0 N–H and O–H groups in total. The fraction of sp³-hybridized carbons (Fsp3) is 0.536. The van der Waals surface area contributed by atoms with E-state index in [2.05, 4.69) is 9.88 Å². The van der Waals surface area contributed by atoms with Gasteiger partial charge in [-0.05, 0) is 74.5 Å². The number of hydrogen-bond acceptors (Lipinski definition) is 5. The number of halogens is 4. The summed E-state index contributed by atoms with van der Waals surface area (Å²) in [4.78, 5) is 34.1. The number of esters is 1. The molecule has 0 spiro atoms. The van der Waals surface area contributed by atoms with E-state index < -0.39 is 23.0 Å². The molecule has 1 aromatic carbocycles. The first-order chi connectivity index (χ1) is 18.1. The summed E-state index contributed by atoms with van der Waals surface area (Å²) in [6.45, 7) is 1.80. The predicted molar refractivity (Wildman–Crippen MR) is 130 cm³/mol. The highest BCUT2D eigenvalue weighted by atomic mass is 19.4. The Morgan fingerprint density at radius 2 is 1.87 bits per heavy atom. The van der Waals surface area contributed by atoms with E-state index in [1.54, 1.807) is 17.0 Å². The van der Waals surface area contributed by atoms with Gasteiger partial charge in [0, 0.05) is 37.4 Å². The first-order valence-electron chi connectivity index (χ1n) is 13.0. The Kier molecular flexibility index (Phi) is 7.19. The number of nitrogens with zero attached hydrogens (tertiary/aromatic N) is 3. The average molecular weight is 534 g/mol. The zero-order chi connectivity index (χ0) is 27.1. The smallest absolute Gasteiger partial charge is 0.417 e. The summed E-state index contributed by atoms with van der Waals surface area (Å²) >= 11 is 0. The van der Waals surface area contributed by atoms with Crippen molar-refractivity contribution in [3.05, 3.63) is 64.7 Å². The summed E-state index contributed by atoms with van der Waals surface area (Å²) in [5.74, 6) is -0.942. The largest absolute Gasteiger partial charge is 0.469 e. The number of alkyl halides is 3. The molecule has 2 unspecified atom stereocenters. The molecular formula is C28H31F4N3O3. The number of rotatable bonds is 4. The lowest BCUT2D eigenvalue weighted by molar-refractivity contribution is -0.147. The predicted octanol–water partition coefficient (Wildman–Crippen LogP) is 4.50. The molecule has 38 heavy (non-hydrogen) atoms. The van der Waals surface area contributed by atoms with Crippen molar-refractivity contribution in [1.82, 2.24) is 14.8 Å². The van der Waals surface area contributed by atoms with Crippen LogP contribution in [-0.2, 0) is 38.9 Å². The maximum atomic E-state index is 14.4. The number of piperidine rings is 1. The van der Waals surface area contributed by atoms with Gasteiger partial charge < -0.3 is 14.5 Å². The van der Waals surface area contributed by atoms with Crippen LogP contribution in [0.25, 0.3) is 0 Å². The van der Waals surface area contributed by atoms with Crippen molar-refractivity contribution in [3.8, 4) is 0 Å². The van der Waals surface area contributed by atoms with Crippen LogP contribution in [0.4, 0.5) is 17.6 Å². The maximum Gasteiger partial charge on any atom is 0.417 e. The van der Waals surface area contributed by atoms with Crippen molar-refractivity contribution < 1.29 is 31.9 Å². The fourth-order valence-corrected chi connectivity index (χ4v) is 6.42. The van der Waals surface area contributed by atoms with Gasteiger partial charge in [0.05, 0.1) is 24.0 Å². The average Bonchev–Trinajstić information content (AvgIpc) is 3.38. The molecular weight excluding hydrogens is 502 g/mol. The van der Waals surface area contributed by atoms with Gasteiger partial charge in [0.1, 0.15) is 5.82 Å². The fourth-order valence-electron chi connectivity index (χ4n) is 6.42. The Morgan fingerprint density at radius 1 is 1.11 bits per heavy atom. The van der Waals surface area contributed by atoms with Crippen LogP contribution in [0.1, 0.15) is 54.5 Å². The molecule has 204 valence electrons. The summed E-state index contributed by atoms with van der Waals surface area (Å²) in [6, 6.07) is 7.28. The number of amides is 1. The van der Waals surface area contributed by atoms with Gasteiger partial charge in [-0.25, -0.2) is 4.39 Å². The lowest BCUT2D eigenvalue weighted by atomic mass is 9.76. The van der Waals surface area contributed by atoms with E-state index in [0.717, 1.165) is 18.7 Å². The number of pyridine rings is 1. The second-order valence-corrected chi connectivity index (χ2v) is 10.6. The van der Waals surface area contributed by atoms with Crippen molar-refractivity contribution in [3.63, 3.8) is 0 Å². The lowest BCUT2D eigenvalue weighted by Gasteiger charge is -2.39. The summed E-state index contributed by atoms with van der Waals surface area (Å²) in [7, 11) is 1.39. The van der Waals surface area contributed by atoms with Gasteiger partial charge in [-0.3, -0.25) is 14.6 Å². The van der Waals surface area contributed by atoms with Crippen molar-refractivity contribution in [2.24, 2.45) is 5.92 Å². The minimum absolute atomic E-state index is 0.0390. The van der Waals surface area contributed by atoms with Gasteiger partial charge in [0.25, 0.3) is 0 Å². The Bertz CT molecular complexity index is 1210. The first kappa shape index (κ1) is 26.6. The van der Waals surface area contributed by atoms with E-state index in [9.17, 15) is 27.2 Å². The molecule has 5 rings (SSSR count). The first-order valence-corrected chi connectivity index (χ1v) is 13.0. The van der Waals surface area contributed by atoms with Gasteiger partial charge in [-0.2, -0.15) is 13.2 Å². The van der Waals surface area contributed by atoms with E-state index in [-0.39, 0.29) is 30.4 Å². The zero-order valence-corrected chi connectivity index (χ0v) is 21.3. The van der Waals surface area contributed by atoms with Crippen LogP contribution in [-0.4, -0.2) is 59.4 Å². The topological polar surface area (TPSA) is 62.7 Å². The van der Waals surface area contributed by atoms with Gasteiger partial charge in [0.15, 0.2) is 0 Å². The molecule has 1 saturated carbocycles. The lowest BCUT2D eigenvalue weighted by Crippen LogP contribution is -2.49. The second kappa shape index (κ2) is 10.3. The van der Waals surface area contributed by atoms with Crippen LogP contribution >= 0.6 is 0 Å². The molecule has 0 bridgehead atoms. The van der Waals surface area contributed by atoms with Crippen molar-refractivity contribution in [2.45, 2.75) is 62.7 Å². The number of methoxy groups -OCH3 is 1. The Balaban J connectivity index is 1.39. The highest BCUT2D eigenvalue weighted by molar-refractivity contribution is 5.89. The SMILES string of the molecule is COC(=O)C1CCN(C2CCC(C(=O)N3CCc4ncc(C(F)(F)F)cc4C3)(c3cccc(F)c3)C2)CC1. The Morgan fingerprint density at radius 3 is 2.55 bits per heavy atom. The molecule has 1 saturated heterocycles. The third-order valence-electron chi connectivity index (χ3n) is 8.51. The van der Waals surface area contributed by atoms with E-state index in [1.165, 1.54) is 19.2 Å². The molecule has 2 fully saturated rings. The zero-order valence-electron chi connectivity index (χ0n) is 21.3. The van der Waals surface area contributed by atoms with Crippen LogP contribution < -0.4 is 0 Å². The maximum absolute atomic E-state index is 14.4. The Hall–Kier alpha value is -3.01. The van der Waals surface area contributed by atoms with Crippen molar-refractivity contribution in [2.75, 3.05) is 26.7 Å². The number of fused-ring (bicyclic) bond motifs is 1. The summed E-state index contributed by atoms with van der Waals surface area (Å²) in [5, 5.41) is 0. The standard InChI is InChI=1S/C28H31F4N3O3/c1-38-25(36)18-6-10-34(11-7-18)23-5-9-27(15-23,20-3-2-4-22(29)14-20)26(37)35-12-8-24-19(17-35)13-21(16-33-24)28(30,31)32/h2-4,13-14,16,18,23H,5-12,15,17H2,1H3. The molecule has 2 aliphatic heterocycles. The number of hydrogen-bond donors (Lipinski definition) is 0. The van der Waals surface area contributed by atoms with Crippen LogP contribution in [0.5, 0.6) is 0 Å². The Labute approximate surface area is 219 Å². The molecule has 10 heteroatoms. The minimum atomic E-state index is -4.52. The highest BCUT2D eigenvalue weighted by Crippen LogP contribution is 2.46. The molecule has 1 aromatic heterocycles. The number of aromatic nitrogens is 1. The van der Waals surface area contributed by atoms with Crippen LogP contribution in [0.2, 0.25) is 0 Å². The quantitative estimate of drug-likeness (QED) is 0.428. The molecule has 2 aromatic rings. The van der Waals surface area contributed by atoms with Crippen LogP contribution in [0.3, 0.4) is 0 Å². The monoisotopic (exact) mass is 533 g/mol. The molecule has 6 nitrogen and oxygen atoms in total. The van der Waals surface area contributed by atoms with Gasteiger partial charge >= 0.3 is 12.1 Å². The number of carbonyl (C=O) groups excluding carboxylic acids is 2. The van der Waals surface area contributed by atoms with Gasteiger partial charge in [-0.1, -0.05) is 12.1 Å². The number of benzene rings is 1. The van der Waals surface area contributed by atoms with Crippen molar-refractivity contribution in [1.29, 1.82) is 0 Å². The van der Waals surface area contributed by atoms with E-state index >= 15 is 0 Å². The van der Waals surface area contributed by atoms with Crippen LogP contribution in [0.15, 0.2) is 36.5 Å². The number of carbonyl (C=O) groups is 2. The van der Waals surface area contributed by atoms with Crippen molar-refractivity contribution >= 4 is 11.9 Å². The summed E-state index contributed by atoms with van der Waals surface area (Å²) in [5.41, 5.74) is -0.240. The molecule has 0 radical (unpaired) electrons. The molecule has 1 amide bonds. The minimum Gasteiger partial charge on any atom is -0.469 e. The van der Waals surface area contributed by atoms with E-state index in [0.29, 0.717) is 68.6 Å². The normalized spacial score (nSPS) is 24.8. The summed E-state index contributed by atoms with van der Waals surface area (Å²) < 4.78 is 59.2. The molecule has 3 aliphatic rings. The van der Waals surface area contributed by atoms with Gasteiger partial charge in [0.2, 0.25) is 5.91 Å². The summed E-state index contributed by atoms with van der Waals surface area (Å²) in [6.07, 6.45) is -0.211.